The molecule has 0 rings (SSSR count). The lowest BCUT2D eigenvalue weighted by Crippen LogP contribution is -2.68. The van der Waals surface area contributed by atoms with Crippen LogP contribution < -0.4 is 0 Å². The molecule has 0 saturated heterocycles. The molecular weight excluding hydrogens is 243 g/mol. The van der Waals surface area contributed by atoms with E-state index in [1.165, 1.54) is 38.0 Å². The molecule has 118 valence electrons. The first-order chi connectivity index (χ1) is 9.34. The minimum atomic E-state index is 0.773. The molecule has 0 aliphatic rings. The van der Waals surface area contributed by atoms with Gasteiger partial charge in [0, 0.05) is 0 Å². The number of nitrogens with zero attached hydrogens (tertiary/aromatic N) is 2. The maximum Gasteiger partial charge on any atom is 0.232 e. The summed E-state index contributed by atoms with van der Waals surface area (Å²) in [7, 11) is 1.43. The van der Waals surface area contributed by atoms with Gasteiger partial charge in [0.15, 0.2) is 0 Å². The highest BCUT2D eigenvalue weighted by molar-refractivity contribution is 6.20. The predicted octanol–water partition coefficient (Wildman–Crippen LogP) is 4.10. The van der Waals surface area contributed by atoms with Crippen LogP contribution in [0.4, 0.5) is 0 Å². The number of hydrogen-bond donors (Lipinski definition) is 0. The van der Waals surface area contributed by atoms with E-state index in [9.17, 15) is 0 Å². The van der Waals surface area contributed by atoms with Crippen molar-refractivity contribution >= 4 is 7.85 Å². The highest BCUT2D eigenvalue weighted by Gasteiger charge is 2.45. The Morgan fingerprint density at radius 1 is 0.750 bits per heavy atom. The van der Waals surface area contributed by atoms with Crippen molar-refractivity contribution in [3.05, 3.63) is 0 Å². The molecule has 0 aromatic heterocycles. The van der Waals surface area contributed by atoms with E-state index in [0.717, 1.165) is 24.2 Å². The molecule has 3 heteroatoms. The molecule has 4 unspecified atom stereocenters. The predicted molar refractivity (Wildman–Crippen MR) is 93.4 cm³/mol. The van der Waals surface area contributed by atoms with Crippen molar-refractivity contribution in [2.75, 3.05) is 0 Å². The fraction of sp³-hybridized carbons (Fsp3) is 0.941. The van der Waals surface area contributed by atoms with Crippen LogP contribution in [0.2, 0.25) is 0 Å². The fourth-order valence-electron chi connectivity index (χ4n) is 3.87. The summed E-state index contributed by atoms with van der Waals surface area (Å²) in [6.45, 7) is 19.3. The Hall–Kier alpha value is -0.485. The Morgan fingerprint density at radius 2 is 0.900 bits per heavy atom. The van der Waals surface area contributed by atoms with Gasteiger partial charge in [-0.2, -0.15) is 0 Å². The summed E-state index contributed by atoms with van der Waals surface area (Å²) in [4.78, 5) is 0. The van der Waals surface area contributed by atoms with Gasteiger partial charge in [-0.05, 0) is 59.3 Å². The van der Waals surface area contributed by atoms with E-state index in [2.05, 4.69) is 55.4 Å². The molecule has 0 aliphatic carbocycles. The van der Waals surface area contributed by atoms with Gasteiger partial charge in [-0.25, -0.2) is 5.26 Å². The molecule has 2 nitrogen and oxygen atoms in total. The second-order valence-corrected chi connectivity index (χ2v) is 6.15. The molecule has 0 aromatic carbocycles. The largest absolute Gasteiger partial charge is 0.315 e. The highest BCUT2D eigenvalue weighted by atomic mass is 15.4. The molecule has 0 aliphatic heterocycles. The van der Waals surface area contributed by atoms with E-state index >= 15 is 0 Å². The Bertz CT molecular complexity index is 227. The van der Waals surface area contributed by atoms with Crippen LogP contribution in [0.3, 0.4) is 0 Å². The molecule has 0 bridgehead atoms. The Balaban J connectivity index is 0. The minimum Gasteiger partial charge on any atom is -0.315 e. The molecule has 0 fully saturated rings. The number of nitriles is 1. The summed E-state index contributed by atoms with van der Waals surface area (Å²) in [5.74, 6) is 1.75. The molecule has 0 N–H and O–H groups in total. The Morgan fingerprint density at radius 3 is 1.00 bits per heavy atom. The van der Waals surface area contributed by atoms with Gasteiger partial charge in [-0.1, -0.05) is 27.7 Å². The van der Waals surface area contributed by atoms with Crippen LogP contribution in [0.25, 0.3) is 0 Å². The SMILES string of the molecule is BC#N.CCC(C)[N+](C(C)CC)(C(C)CC)C(C)CC. The molecule has 0 radical (unpaired) electrons. The number of quaternary nitrogens is 1. The molecule has 4 atom stereocenters. The zero-order valence-electron chi connectivity index (χ0n) is 15.5. The lowest BCUT2D eigenvalue weighted by molar-refractivity contribution is -1.01. The van der Waals surface area contributed by atoms with Crippen molar-refractivity contribution in [1.82, 2.24) is 0 Å². The van der Waals surface area contributed by atoms with Crippen LogP contribution in [0, 0.1) is 11.2 Å². The molecule has 0 heterocycles. The highest BCUT2D eigenvalue weighted by Crippen LogP contribution is 2.34. The van der Waals surface area contributed by atoms with E-state index in [1.54, 1.807) is 5.97 Å². The molecular formula is C17H38BN2+. The summed E-state index contributed by atoms with van der Waals surface area (Å²) in [5, 5.41) is 7.32. The lowest BCUT2D eigenvalue weighted by Gasteiger charge is -2.55. The van der Waals surface area contributed by atoms with E-state index in [-0.39, 0.29) is 0 Å². The van der Waals surface area contributed by atoms with E-state index in [1.807, 2.05) is 0 Å². The van der Waals surface area contributed by atoms with Crippen LogP contribution in [0.15, 0.2) is 0 Å². The van der Waals surface area contributed by atoms with Crippen molar-refractivity contribution in [3.63, 3.8) is 0 Å². The lowest BCUT2D eigenvalue weighted by atomic mass is 9.93. The zero-order valence-corrected chi connectivity index (χ0v) is 15.5. The first-order valence-electron chi connectivity index (χ1n) is 8.53. The van der Waals surface area contributed by atoms with Crippen molar-refractivity contribution in [2.45, 2.75) is 105 Å². The third-order valence-corrected chi connectivity index (χ3v) is 5.42. The maximum absolute atomic E-state index is 7.32. The molecule has 0 aromatic rings. The number of rotatable bonds is 8. The maximum atomic E-state index is 7.32. The quantitative estimate of drug-likeness (QED) is 0.485. The monoisotopic (exact) mass is 281 g/mol. The van der Waals surface area contributed by atoms with Gasteiger partial charge < -0.3 is 4.48 Å². The van der Waals surface area contributed by atoms with Crippen LogP contribution in [0.5, 0.6) is 0 Å². The third-order valence-electron chi connectivity index (χ3n) is 5.42. The fourth-order valence-corrected chi connectivity index (χ4v) is 3.87. The average Bonchev–Trinajstić information content (AvgIpc) is 2.47. The van der Waals surface area contributed by atoms with Gasteiger partial charge in [0.05, 0.1) is 24.2 Å². The van der Waals surface area contributed by atoms with Crippen molar-refractivity contribution < 1.29 is 4.48 Å². The van der Waals surface area contributed by atoms with Crippen LogP contribution >= 0.6 is 0 Å². The van der Waals surface area contributed by atoms with Crippen LogP contribution in [-0.4, -0.2) is 36.5 Å². The van der Waals surface area contributed by atoms with Gasteiger partial charge in [-0.3, -0.25) is 0 Å². The standard InChI is InChI=1S/C16H36N.CH2BN/c1-9-13(5)17(14(6)10-2,15(7)11-3)16(8)12-4;2-1-3/h13-16H,9-12H2,1-8H3;2H2/q+1;. The van der Waals surface area contributed by atoms with Crippen LogP contribution in [-0.2, 0) is 0 Å². The van der Waals surface area contributed by atoms with Gasteiger partial charge in [0.1, 0.15) is 0 Å². The third kappa shape index (κ3) is 4.81. The first kappa shape index (κ1) is 21.8. The normalized spacial score (nSPS) is 19.6. The van der Waals surface area contributed by atoms with Gasteiger partial charge in [0.2, 0.25) is 7.85 Å². The minimum absolute atomic E-state index is 0.773. The summed E-state index contributed by atoms with van der Waals surface area (Å²) in [6.07, 6.45) is 5.16. The van der Waals surface area contributed by atoms with Crippen molar-refractivity contribution in [1.29, 1.82) is 5.26 Å². The second kappa shape index (κ2) is 11.2. The molecule has 0 saturated carbocycles. The average molecular weight is 281 g/mol. The van der Waals surface area contributed by atoms with Gasteiger partial charge in [-0.15, -0.1) is 0 Å². The van der Waals surface area contributed by atoms with Gasteiger partial charge >= 0.3 is 0 Å². The zero-order chi connectivity index (χ0) is 16.3. The van der Waals surface area contributed by atoms with Crippen LogP contribution in [0.1, 0.15) is 81.1 Å². The first-order valence-corrected chi connectivity index (χ1v) is 8.53. The van der Waals surface area contributed by atoms with E-state index in [4.69, 9.17) is 5.26 Å². The molecule has 20 heavy (non-hydrogen) atoms. The smallest absolute Gasteiger partial charge is 0.232 e. The van der Waals surface area contributed by atoms with Gasteiger partial charge in [0.25, 0.3) is 0 Å². The summed E-state index contributed by atoms with van der Waals surface area (Å²) in [6, 6.07) is 3.09. The summed E-state index contributed by atoms with van der Waals surface area (Å²) < 4.78 is 1.32. The topological polar surface area (TPSA) is 23.8 Å². The van der Waals surface area contributed by atoms with E-state index < -0.39 is 0 Å². The Labute approximate surface area is 129 Å². The second-order valence-electron chi connectivity index (χ2n) is 6.15. The van der Waals surface area contributed by atoms with Crippen molar-refractivity contribution in [2.24, 2.45) is 0 Å². The van der Waals surface area contributed by atoms with Crippen molar-refractivity contribution in [3.8, 4) is 5.97 Å². The summed E-state index contributed by atoms with van der Waals surface area (Å²) >= 11 is 0. The molecule has 0 spiro atoms. The summed E-state index contributed by atoms with van der Waals surface area (Å²) in [5.41, 5.74) is 0. The Kier molecular flexibility index (Phi) is 12.2. The van der Waals surface area contributed by atoms with E-state index in [0.29, 0.717) is 0 Å². The molecule has 0 amide bonds. The number of hydrogen-bond acceptors (Lipinski definition) is 1.